The maximum Gasteiger partial charge on any atom is 0.164 e. The summed E-state index contributed by atoms with van der Waals surface area (Å²) in [6, 6.07) is 49.2. The minimum absolute atomic E-state index is 0.0309. The number of furan rings is 1. The standard InChI is InChI=1S/C45H33N3O/c1-4-12-29(13-5-1)30-18-20-32(21-19-30)43-46-42(31-14-6-2-7-15-31)47-44(48-43)33-22-23-34-36-28-41-37(35-16-8-9-17-40(35)49-41)27-39(36)45(38(34)26-33)24-10-3-11-25-45/h1-2,4-9,12-23,26-28H,3,10-11,24-25H2. The lowest BCUT2D eigenvalue weighted by molar-refractivity contribution is 0.353. The van der Waals surface area contributed by atoms with Crippen LogP contribution in [0.1, 0.15) is 43.2 Å². The van der Waals surface area contributed by atoms with Gasteiger partial charge in [0, 0.05) is 32.9 Å². The van der Waals surface area contributed by atoms with Crippen molar-refractivity contribution in [2.45, 2.75) is 37.5 Å². The molecule has 2 heterocycles. The highest BCUT2D eigenvalue weighted by Crippen LogP contribution is 2.57. The molecule has 0 saturated heterocycles. The van der Waals surface area contributed by atoms with Crippen LogP contribution in [0.4, 0.5) is 0 Å². The fourth-order valence-electron chi connectivity index (χ4n) is 8.34. The van der Waals surface area contributed by atoms with Crippen LogP contribution >= 0.6 is 0 Å². The first-order chi connectivity index (χ1) is 24.2. The van der Waals surface area contributed by atoms with Gasteiger partial charge in [-0.05, 0) is 70.5 Å². The first-order valence-corrected chi connectivity index (χ1v) is 17.3. The lowest BCUT2D eigenvalue weighted by Crippen LogP contribution is -2.28. The average Bonchev–Trinajstić information content (AvgIpc) is 3.67. The summed E-state index contributed by atoms with van der Waals surface area (Å²) in [6.07, 6.45) is 6.01. The number of aromatic nitrogens is 3. The molecule has 0 unspecified atom stereocenters. The Labute approximate surface area is 285 Å². The third kappa shape index (κ3) is 4.55. The maximum atomic E-state index is 6.38. The zero-order valence-electron chi connectivity index (χ0n) is 27.1. The Bertz CT molecular complexity index is 2510. The first kappa shape index (κ1) is 28.2. The molecule has 0 radical (unpaired) electrons. The van der Waals surface area contributed by atoms with Gasteiger partial charge < -0.3 is 4.42 Å². The Morgan fingerprint density at radius 1 is 0.408 bits per heavy atom. The normalized spacial score (nSPS) is 14.7. The predicted octanol–water partition coefficient (Wildman–Crippen LogP) is 11.7. The van der Waals surface area contributed by atoms with Gasteiger partial charge in [0.1, 0.15) is 11.2 Å². The Balaban J connectivity index is 1.13. The van der Waals surface area contributed by atoms with Gasteiger partial charge >= 0.3 is 0 Å². The number of para-hydroxylation sites is 1. The molecule has 1 spiro atoms. The van der Waals surface area contributed by atoms with Gasteiger partial charge in [-0.3, -0.25) is 0 Å². The molecule has 10 rings (SSSR count). The summed E-state index contributed by atoms with van der Waals surface area (Å²) in [5, 5.41) is 2.39. The fraction of sp³-hybridized carbons (Fsp3) is 0.133. The van der Waals surface area contributed by atoms with E-state index in [1.165, 1.54) is 57.9 Å². The van der Waals surface area contributed by atoms with Gasteiger partial charge in [0.05, 0.1) is 0 Å². The maximum absolute atomic E-state index is 6.38. The van der Waals surface area contributed by atoms with Gasteiger partial charge in [0.2, 0.25) is 0 Å². The number of fused-ring (bicyclic) bond motifs is 8. The summed E-state index contributed by atoms with van der Waals surface area (Å²) in [7, 11) is 0. The second kappa shape index (κ2) is 11.1. The van der Waals surface area contributed by atoms with E-state index in [1.807, 2.05) is 30.3 Å². The lowest BCUT2D eigenvalue weighted by atomic mass is 9.67. The molecule has 2 aliphatic carbocycles. The second-order valence-electron chi connectivity index (χ2n) is 13.5. The van der Waals surface area contributed by atoms with E-state index in [9.17, 15) is 0 Å². The van der Waals surface area contributed by atoms with Crippen LogP contribution in [0.2, 0.25) is 0 Å². The number of rotatable bonds is 4. The smallest absolute Gasteiger partial charge is 0.164 e. The summed E-state index contributed by atoms with van der Waals surface area (Å²) in [5.74, 6) is 2.04. The van der Waals surface area contributed by atoms with Gasteiger partial charge in [-0.15, -0.1) is 0 Å². The van der Waals surface area contributed by atoms with E-state index in [-0.39, 0.29) is 5.41 Å². The van der Waals surface area contributed by atoms with Crippen molar-refractivity contribution in [1.82, 2.24) is 15.0 Å². The SMILES string of the molecule is c1ccc(-c2ccc(-c3nc(-c4ccccc4)nc(-c4ccc5c(c4)C4(CCCCC4)c4cc6c(cc4-5)oc4ccccc46)n3)cc2)cc1. The quantitative estimate of drug-likeness (QED) is 0.194. The number of hydrogen-bond acceptors (Lipinski definition) is 4. The van der Waals surface area contributed by atoms with Crippen LogP contribution < -0.4 is 0 Å². The van der Waals surface area contributed by atoms with Gasteiger partial charge in [-0.1, -0.05) is 135 Å². The molecule has 2 aromatic heterocycles. The van der Waals surface area contributed by atoms with E-state index in [0.717, 1.165) is 46.3 Å². The fourth-order valence-corrected chi connectivity index (χ4v) is 8.34. The Morgan fingerprint density at radius 3 is 1.69 bits per heavy atom. The highest BCUT2D eigenvalue weighted by atomic mass is 16.3. The summed E-state index contributed by atoms with van der Waals surface area (Å²) in [5.41, 5.74) is 12.6. The summed E-state index contributed by atoms with van der Waals surface area (Å²) >= 11 is 0. The van der Waals surface area contributed by atoms with Crippen LogP contribution in [0.3, 0.4) is 0 Å². The first-order valence-electron chi connectivity index (χ1n) is 17.3. The molecule has 8 aromatic rings. The molecule has 0 N–H and O–H groups in total. The van der Waals surface area contributed by atoms with Gasteiger partial charge in [-0.25, -0.2) is 15.0 Å². The van der Waals surface area contributed by atoms with E-state index in [0.29, 0.717) is 17.5 Å². The van der Waals surface area contributed by atoms with E-state index >= 15 is 0 Å². The van der Waals surface area contributed by atoms with E-state index < -0.39 is 0 Å². The van der Waals surface area contributed by atoms with Crippen molar-refractivity contribution in [3.63, 3.8) is 0 Å². The molecule has 4 heteroatoms. The van der Waals surface area contributed by atoms with E-state index in [1.54, 1.807) is 0 Å². The molecular weight excluding hydrogens is 599 g/mol. The second-order valence-corrected chi connectivity index (χ2v) is 13.5. The van der Waals surface area contributed by atoms with Gasteiger partial charge in [-0.2, -0.15) is 0 Å². The molecule has 6 aromatic carbocycles. The van der Waals surface area contributed by atoms with Crippen LogP contribution in [0.25, 0.3) is 78.4 Å². The number of hydrogen-bond donors (Lipinski definition) is 0. The monoisotopic (exact) mass is 631 g/mol. The molecule has 4 nitrogen and oxygen atoms in total. The van der Waals surface area contributed by atoms with Crippen LogP contribution in [-0.4, -0.2) is 15.0 Å². The number of benzene rings is 6. The Morgan fingerprint density at radius 2 is 0.959 bits per heavy atom. The van der Waals surface area contributed by atoms with Gasteiger partial charge in [0.25, 0.3) is 0 Å². The predicted molar refractivity (Wildman–Crippen MR) is 198 cm³/mol. The molecule has 234 valence electrons. The van der Waals surface area contributed by atoms with Gasteiger partial charge in [0.15, 0.2) is 17.5 Å². The minimum Gasteiger partial charge on any atom is -0.456 e. The molecule has 0 atom stereocenters. The summed E-state index contributed by atoms with van der Waals surface area (Å²) in [4.78, 5) is 15.3. The van der Waals surface area contributed by atoms with Crippen molar-refractivity contribution >= 4 is 21.9 Å². The topological polar surface area (TPSA) is 51.8 Å². The molecule has 49 heavy (non-hydrogen) atoms. The molecule has 0 bridgehead atoms. The van der Waals surface area contributed by atoms with Crippen molar-refractivity contribution in [2.75, 3.05) is 0 Å². The largest absolute Gasteiger partial charge is 0.456 e. The molecule has 1 saturated carbocycles. The Kier molecular flexibility index (Phi) is 6.38. The molecule has 0 amide bonds. The molecule has 0 aliphatic heterocycles. The van der Waals surface area contributed by atoms with Crippen molar-refractivity contribution < 1.29 is 4.42 Å². The van der Waals surface area contributed by atoms with Crippen LogP contribution in [0, 0.1) is 0 Å². The van der Waals surface area contributed by atoms with Crippen LogP contribution in [0.15, 0.2) is 144 Å². The van der Waals surface area contributed by atoms with Crippen LogP contribution in [-0.2, 0) is 5.41 Å². The van der Waals surface area contributed by atoms with E-state index in [4.69, 9.17) is 19.4 Å². The lowest BCUT2D eigenvalue weighted by Gasteiger charge is -2.36. The van der Waals surface area contributed by atoms with E-state index in [2.05, 4.69) is 109 Å². The highest BCUT2D eigenvalue weighted by Gasteiger charge is 2.44. The van der Waals surface area contributed by atoms with Crippen molar-refractivity contribution in [3.8, 4) is 56.4 Å². The number of nitrogens with zero attached hydrogens (tertiary/aromatic N) is 3. The zero-order chi connectivity index (χ0) is 32.4. The highest BCUT2D eigenvalue weighted by molar-refractivity contribution is 6.07. The average molecular weight is 632 g/mol. The third-order valence-corrected chi connectivity index (χ3v) is 10.7. The van der Waals surface area contributed by atoms with Crippen molar-refractivity contribution in [3.05, 3.63) is 151 Å². The Hall–Kier alpha value is -5.87. The third-order valence-electron chi connectivity index (χ3n) is 10.7. The molecular formula is C45H33N3O. The van der Waals surface area contributed by atoms with Crippen molar-refractivity contribution in [2.24, 2.45) is 0 Å². The van der Waals surface area contributed by atoms with Crippen LogP contribution in [0.5, 0.6) is 0 Å². The minimum atomic E-state index is -0.0309. The summed E-state index contributed by atoms with van der Waals surface area (Å²) < 4.78 is 6.38. The van der Waals surface area contributed by atoms with Crippen molar-refractivity contribution in [1.29, 1.82) is 0 Å². The zero-order valence-corrected chi connectivity index (χ0v) is 27.1. The molecule has 1 fully saturated rings. The molecule has 2 aliphatic rings. The summed E-state index contributed by atoms with van der Waals surface area (Å²) in [6.45, 7) is 0.